The SMILES string of the molecule is Cc1sc(CN2CCCC(N)C2)cc1Br. The van der Waals surface area contributed by atoms with Crippen molar-refractivity contribution in [2.45, 2.75) is 32.4 Å². The van der Waals surface area contributed by atoms with Gasteiger partial charge in [0, 0.05) is 33.4 Å². The summed E-state index contributed by atoms with van der Waals surface area (Å²) in [5.74, 6) is 0. The predicted molar refractivity (Wildman–Crippen MR) is 69.2 cm³/mol. The number of aryl methyl sites for hydroxylation is 1. The monoisotopic (exact) mass is 288 g/mol. The van der Waals surface area contributed by atoms with Crippen molar-refractivity contribution < 1.29 is 0 Å². The molecule has 0 amide bonds. The van der Waals surface area contributed by atoms with Gasteiger partial charge in [-0.05, 0) is 48.3 Å². The van der Waals surface area contributed by atoms with Crippen molar-refractivity contribution in [1.29, 1.82) is 0 Å². The molecule has 1 fully saturated rings. The second-order valence-corrected chi connectivity index (χ2v) is 6.45. The van der Waals surface area contributed by atoms with Gasteiger partial charge in [-0.15, -0.1) is 11.3 Å². The van der Waals surface area contributed by atoms with E-state index in [4.69, 9.17) is 5.73 Å². The number of hydrogen-bond donors (Lipinski definition) is 1. The lowest BCUT2D eigenvalue weighted by Gasteiger charge is -2.30. The summed E-state index contributed by atoms with van der Waals surface area (Å²) in [6, 6.07) is 2.61. The van der Waals surface area contributed by atoms with Crippen LogP contribution >= 0.6 is 27.3 Å². The zero-order chi connectivity index (χ0) is 10.8. The zero-order valence-corrected chi connectivity index (χ0v) is 11.4. The number of nitrogens with zero attached hydrogens (tertiary/aromatic N) is 1. The van der Waals surface area contributed by atoms with Crippen LogP contribution in [0.1, 0.15) is 22.6 Å². The third-order valence-electron chi connectivity index (χ3n) is 2.83. The molecule has 1 saturated heterocycles. The number of nitrogens with two attached hydrogens (primary N) is 1. The number of piperidine rings is 1. The van der Waals surface area contributed by atoms with E-state index >= 15 is 0 Å². The summed E-state index contributed by atoms with van der Waals surface area (Å²) < 4.78 is 1.24. The fraction of sp³-hybridized carbons (Fsp3) is 0.636. The highest BCUT2D eigenvalue weighted by Gasteiger charge is 2.17. The minimum atomic E-state index is 0.378. The average molecular weight is 289 g/mol. The summed E-state index contributed by atoms with van der Waals surface area (Å²) in [6.45, 7) is 5.46. The Morgan fingerprint density at radius 3 is 3.07 bits per heavy atom. The van der Waals surface area contributed by atoms with E-state index < -0.39 is 0 Å². The molecule has 1 unspecified atom stereocenters. The maximum atomic E-state index is 5.97. The summed E-state index contributed by atoms with van der Waals surface area (Å²) >= 11 is 5.44. The van der Waals surface area contributed by atoms with E-state index in [9.17, 15) is 0 Å². The molecule has 2 N–H and O–H groups in total. The van der Waals surface area contributed by atoms with Crippen molar-refractivity contribution >= 4 is 27.3 Å². The van der Waals surface area contributed by atoms with Crippen LogP contribution in [0.25, 0.3) is 0 Å². The molecule has 0 radical (unpaired) electrons. The smallest absolute Gasteiger partial charge is 0.0329 e. The third-order valence-corrected chi connectivity index (χ3v) is 4.95. The minimum absolute atomic E-state index is 0.378. The molecular formula is C11H17BrN2S. The Bertz CT molecular complexity index is 318. The molecule has 0 aliphatic carbocycles. The number of hydrogen-bond acceptors (Lipinski definition) is 3. The van der Waals surface area contributed by atoms with Crippen LogP contribution in [0.2, 0.25) is 0 Å². The van der Waals surface area contributed by atoms with E-state index in [1.165, 1.54) is 33.6 Å². The van der Waals surface area contributed by atoms with E-state index in [1.807, 2.05) is 11.3 Å². The highest BCUT2D eigenvalue weighted by Crippen LogP contribution is 2.27. The van der Waals surface area contributed by atoms with Crippen molar-refractivity contribution in [1.82, 2.24) is 4.90 Å². The first-order valence-electron chi connectivity index (χ1n) is 5.38. The summed E-state index contributed by atoms with van der Waals surface area (Å²) in [4.78, 5) is 5.27. The van der Waals surface area contributed by atoms with Gasteiger partial charge >= 0.3 is 0 Å². The topological polar surface area (TPSA) is 29.3 Å². The van der Waals surface area contributed by atoms with Gasteiger partial charge in [-0.3, -0.25) is 4.90 Å². The van der Waals surface area contributed by atoms with Gasteiger partial charge in [-0.1, -0.05) is 0 Å². The molecule has 1 aromatic heterocycles. The van der Waals surface area contributed by atoms with E-state index in [2.05, 4.69) is 33.8 Å². The fourth-order valence-electron chi connectivity index (χ4n) is 2.05. The summed E-state index contributed by atoms with van der Waals surface area (Å²) in [6.07, 6.45) is 2.43. The first-order chi connectivity index (χ1) is 7.15. The lowest BCUT2D eigenvalue weighted by Crippen LogP contribution is -2.42. The van der Waals surface area contributed by atoms with E-state index in [0.29, 0.717) is 6.04 Å². The molecule has 2 heterocycles. The van der Waals surface area contributed by atoms with Crippen LogP contribution in [0.4, 0.5) is 0 Å². The Morgan fingerprint density at radius 1 is 1.67 bits per heavy atom. The highest BCUT2D eigenvalue weighted by molar-refractivity contribution is 9.10. The number of halogens is 1. The van der Waals surface area contributed by atoms with Gasteiger partial charge in [0.2, 0.25) is 0 Å². The second kappa shape index (κ2) is 4.95. The lowest BCUT2D eigenvalue weighted by molar-refractivity contribution is 0.203. The maximum Gasteiger partial charge on any atom is 0.0329 e. The van der Waals surface area contributed by atoms with Gasteiger partial charge in [0.25, 0.3) is 0 Å². The van der Waals surface area contributed by atoms with E-state index in [0.717, 1.165) is 13.1 Å². The van der Waals surface area contributed by atoms with Crippen molar-refractivity contribution in [3.05, 3.63) is 20.3 Å². The van der Waals surface area contributed by atoms with Crippen molar-refractivity contribution in [2.24, 2.45) is 5.73 Å². The first-order valence-corrected chi connectivity index (χ1v) is 6.99. The van der Waals surface area contributed by atoms with Gasteiger partial charge in [0.05, 0.1) is 0 Å². The molecule has 1 atom stereocenters. The third kappa shape index (κ3) is 3.03. The summed E-state index contributed by atoms with van der Waals surface area (Å²) in [7, 11) is 0. The minimum Gasteiger partial charge on any atom is -0.327 e. The van der Waals surface area contributed by atoms with Crippen LogP contribution in [0.15, 0.2) is 10.5 Å². The molecule has 0 saturated carbocycles. The quantitative estimate of drug-likeness (QED) is 0.907. The van der Waals surface area contributed by atoms with Crippen molar-refractivity contribution in [2.75, 3.05) is 13.1 Å². The number of thiophene rings is 1. The molecule has 84 valence electrons. The summed E-state index contributed by atoms with van der Waals surface area (Å²) in [5.41, 5.74) is 5.97. The molecule has 0 bridgehead atoms. The largest absolute Gasteiger partial charge is 0.327 e. The normalized spacial score (nSPS) is 23.3. The van der Waals surface area contributed by atoms with Crippen LogP contribution in [-0.2, 0) is 6.54 Å². The molecule has 15 heavy (non-hydrogen) atoms. The van der Waals surface area contributed by atoms with Gasteiger partial charge in [0.15, 0.2) is 0 Å². The molecule has 2 nitrogen and oxygen atoms in total. The molecule has 1 aliphatic rings. The Morgan fingerprint density at radius 2 is 2.47 bits per heavy atom. The second-order valence-electron chi connectivity index (χ2n) is 4.25. The predicted octanol–water partition coefficient (Wildman–Crippen LogP) is 2.74. The van der Waals surface area contributed by atoms with Crippen molar-refractivity contribution in [3.8, 4) is 0 Å². The Hall–Kier alpha value is 0.100. The van der Waals surface area contributed by atoms with Crippen LogP contribution in [0.5, 0.6) is 0 Å². The standard InChI is InChI=1S/C11H17BrN2S/c1-8-11(12)5-10(15-8)7-14-4-2-3-9(13)6-14/h5,9H,2-4,6-7,13H2,1H3. The molecule has 0 spiro atoms. The highest BCUT2D eigenvalue weighted by atomic mass is 79.9. The number of rotatable bonds is 2. The van der Waals surface area contributed by atoms with Crippen molar-refractivity contribution in [3.63, 3.8) is 0 Å². The van der Waals surface area contributed by atoms with Gasteiger partial charge in [0.1, 0.15) is 0 Å². The van der Waals surface area contributed by atoms with Crippen LogP contribution in [0.3, 0.4) is 0 Å². The van der Waals surface area contributed by atoms with E-state index in [-0.39, 0.29) is 0 Å². The molecule has 0 aromatic carbocycles. The molecule has 1 aromatic rings. The zero-order valence-electron chi connectivity index (χ0n) is 9.00. The maximum absolute atomic E-state index is 5.97. The van der Waals surface area contributed by atoms with Crippen LogP contribution in [-0.4, -0.2) is 24.0 Å². The first kappa shape index (κ1) is 11.6. The molecule has 1 aliphatic heterocycles. The van der Waals surface area contributed by atoms with Gasteiger partial charge in [-0.2, -0.15) is 0 Å². The van der Waals surface area contributed by atoms with Crippen LogP contribution in [0, 0.1) is 6.92 Å². The fourth-order valence-corrected chi connectivity index (χ4v) is 3.70. The Labute approximate surface area is 104 Å². The van der Waals surface area contributed by atoms with Gasteiger partial charge in [-0.25, -0.2) is 0 Å². The van der Waals surface area contributed by atoms with E-state index in [1.54, 1.807) is 0 Å². The average Bonchev–Trinajstić information content (AvgIpc) is 2.45. The van der Waals surface area contributed by atoms with Crippen LogP contribution < -0.4 is 5.73 Å². The molecule has 4 heteroatoms. The Kier molecular flexibility index (Phi) is 3.83. The summed E-state index contributed by atoms with van der Waals surface area (Å²) in [5, 5.41) is 0. The molecule has 2 rings (SSSR count). The lowest BCUT2D eigenvalue weighted by atomic mass is 10.1. The molecular weight excluding hydrogens is 272 g/mol. The van der Waals surface area contributed by atoms with Gasteiger partial charge < -0.3 is 5.73 Å². The Balaban J connectivity index is 1.96. The number of likely N-dealkylation sites (tertiary alicyclic amines) is 1.